The van der Waals surface area contributed by atoms with E-state index in [1.54, 1.807) is 11.9 Å². The molecular formula is C21H22N4O2. The van der Waals surface area contributed by atoms with Crippen LogP contribution in [0.3, 0.4) is 0 Å². The maximum atomic E-state index is 13.4. The molecule has 0 saturated heterocycles. The first-order chi connectivity index (χ1) is 13.0. The number of carbonyl (C=O) groups excluding carboxylic acids is 1. The van der Waals surface area contributed by atoms with Gasteiger partial charge in [0.15, 0.2) is 5.84 Å². The van der Waals surface area contributed by atoms with E-state index in [0.29, 0.717) is 5.69 Å². The van der Waals surface area contributed by atoms with Gasteiger partial charge < -0.3 is 20.4 Å². The molecule has 1 aliphatic rings. The van der Waals surface area contributed by atoms with Crippen LogP contribution in [-0.2, 0) is 5.54 Å². The van der Waals surface area contributed by atoms with Crippen LogP contribution >= 0.6 is 0 Å². The van der Waals surface area contributed by atoms with Crippen molar-refractivity contribution in [1.29, 1.82) is 0 Å². The molecule has 0 spiro atoms. The first-order valence-corrected chi connectivity index (χ1v) is 8.92. The third kappa shape index (κ3) is 2.48. The van der Waals surface area contributed by atoms with Crippen LogP contribution in [0, 0.1) is 5.92 Å². The number of aromatic nitrogens is 1. The fourth-order valence-corrected chi connectivity index (χ4v) is 3.96. The van der Waals surface area contributed by atoms with Crippen LogP contribution in [0.15, 0.2) is 65.8 Å². The number of rotatable bonds is 4. The number of hydrogen-bond donors (Lipinski definition) is 2. The quantitative estimate of drug-likeness (QED) is 0.323. The number of benzene rings is 2. The number of amides is 1. The molecule has 2 atom stereocenters. The van der Waals surface area contributed by atoms with E-state index in [-0.39, 0.29) is 17.7 Å². The molecule has 3 aromatic rings. The number of fused-ring (bicyclic) bond motifs is 1. The highest BCUT2D eigenvalue weighted by molar-refractivity contribution is 6.09. The van der Waals surface area contributed by atoms with Gasteiger partial charge in [-0.2, -0.15) is 0 Å². The fraction of sp³-hybridized carbons (Fsp3) is 0.238. The van der Waals surface area contributed by atoms with Gasteiger partial charge in [-0.1, -0.05) is 48.5 Å². The standard InChI is InChI=1S/C21H22N4O2/c1-14-13-21(14,20(22)23-27)25-17-11-7-6-8-15(17)12-18(25)19(26)24(2)16-9-4-3-5-10-16/h3-12,14,27H,13H2,1-2H3,(H2,22,23)/t14-,21-/m0/s1. The molecule has 2 aromatic carbocycles. The lowest BCUT2D eigenvalue weighted by Gasteiger charge is -2.24. The molecule has 6 nitrogen and oxygen atoms in total. The van der Waals surface area contributed by atoms with Crippen LogP contribution in [-0.4, -0.2) is 28.6 Å². The second-order valence-electron chi connectivity index (χ2n) is 7.14. The number of nitrogens with two attached hydrogens (primary N) is 1. The highest BCUT2D eigenvalue weighted by Gasteiger charge is 2.58. The minimum Gasteiger partial charge on any atom is -0.409 e. The molecular weight excluding hydrogens is 340 g/mol. The molecule has 27 heavy (non-hydrogen) atoms. The molecule has 1 saturated carbocycles. The molecule has 1 aromatic heterocycles. The summed E-state index contributed by atoms with van der Waals surface area (Å²) in [6, 6.07) is 19.2. The number of hydrogen-bond acceptors (Lipinski definition) is 3. The van der Waals surface area contributed by atoms with E-state index in [1.807, 2.05) is 72.2 Å². The van der Waals surface area contributed by atoms with E-state index < -0.39 is 5.54 Å². The van der Waals surface area contributed by atoms with E-state index in [2.05, 4.69) is 5.16 Å². The van der Waals surface area contributed by atoms with Gasteiger partial charge in [0.1, 0.15) is 11.2 Å². The Morgan fingerprint density at radius 1 is 1.22 bits per heavy atom. The summed E-state index contributed by atoms with van der Waals surface area (Å²) in [5.41, 5.74) is 7.65. The average molecular weight is 362 g/mol. The number of para-hydroxylation sites is 2. The van der Waals surface area contributed by atoms with Gasteiger partial charge >= 0.3 is 0 Å². The smallest absolute Gasteiger partial charge is 0.274 e. The summed E-state index contributed by atoms with van der Waals surface area (Å²) in [5, 5.41) is 13.6. The summed E-state index contributed by atoms with van der Waals surface area (Å²) in [5.74, 6) is 0.159. The maximum Gasteiger partial charge on any atom is 0.274 e. The first kappa shape index (κ1) is 17.1. The molecule has 6 heteroatoms. The van der Waals surface area contributed by atoms with E-state index >= 15 is 0 Å². The lowest BCUT2D eigenvalue weighted by atomic mass is 10.1. The second kappa shape index (κ2) is 6.16. The summed E-state index contributed by atoms with van der Waals surface area (Å²) >= 11 is 0. The van der Waals surface area contributed by atoms with Crippen molar-refractivity contribution in [1.82, 2.24) is 4.57 Å². The van der Waals surface area contributed by atoms with E-state index in [9.17, 15) is 10.0 Å². The largest absolute Gasteiger partial charge is 0.409 e. The molecule has 3 N–H and O–H groups in total. The number of anilines is 1. The highest BCUT2D eigenvalue weighted by atomic mass is 16.4. The van der Waals surface area contributed by atoms with Crippen LogP contribution in [0.25, 0.3) is 10.9 Å². The summed E-state index contributed by atoms with van der Waals surface area (Å²) in [7, 11) is 1.76. The Morgan fingerprint density at radius 2 is 1.85 bits per heavy atom. The van der Waals surface area contributed by atoms with Crippen molar-refractivity contribution in [3.05, 3.63) is 66.4 Å². The molecule has 1 fully saturated rings. The van der Waals surface area contributed by atoms with E-state index in [4.69, 9.17) is 5.73 Å². The predicted octanol–water partition coefficient (Wildman–Crippen LogP) is 3.40. The Hall–Kier alpha value is -3.28. The van der Waals surface area contributed by atoms with Gasteiger partial charge in [-0.05, 0) is 36.6 Å². The van der Waals surface area contributed by atoms with Crippen molar-refractivity contribution in [3.63, 3.8) is 0 Å². The second-order valence-corrected chi connectivity index (χ2v) is 7.14. The lowest BCUT2D eigenvalue weighted by Crippen LogP contribution is -2.39. The zero-order valence-corrected chi connectivity index (χ0v) is 15.3. The van der Waals surface area contributed by atoms with Crippen LogP contribution < -0.4 is 10.6 Å². The molecule has 1 heterocycles. The van der Waals surface area contributed by atoms with Crippen molar-refractivity contribution in [2.24, 2.45) is 16.8 Å². The number of amidine groups is 1. The van der Waals surface area contributed by atoms with Crippen molar-refractivity contribution in [3.8, 4) is 0 Å². The molecule has 1 aliphatic carbocycles. The topological polar surface area (TPSA) is 83.8 Å². The van der Waals surface area contributed by atoms with Gasteiger partial charge in [-0.3, -0.25) is 4.79 Å². The zero-order chi connectivity index (χ0) is 19.2. The third-order valence-electron chi connectivity index (χ3n) is 5.60. The van der Waals surface area contributed by atoms with Crippen LogP contribution in [0.1, 0.15) is 23.8 Å². The Bertz CT molecular complexity index is 1040. The zero-order valence-electron chi connectivity index (χ0n) is 15.3. The van der Waals surface area contributed by atoms with Gasteiger partial charge in [0, 0.05) is 23.6 Å². The van der Waals surface area contributed by atoms with Gasteiger partial charge in [-0.15, -0.1) is 0 Å². The minimum atomic E-state index is -0.680. The minimum absolute atomic E-state index is 0.132. The van der Waals surface area contributed by atoms with Gasteiger partial charge in [0.25, 0.3) is 5.91 Å². The van der Waals surface area contributed by atoms with Crippen molar-refractivity contribution in [2.45, 2.75) is 18.9 Å². The fourth-order valence-electron chi connectivity index (χ4n) is 3.96. The van der Waals surface area contributed by atoms with Crippen molar-refractivity contribution < 1.29 is 10.0 Å². The molecule has 0 aliphatic heterocycles. The molecule has 0 radical (unpaired) electrons. The Morgan fingerprint density at radius 3 is 2.48 bits per heavy atom. The normalized spacial score (nSPS) is 22.0. The van der Waals surface area contributed by atoms with Crippen molar-refractivity contribution >= 4 is 28.3 Å². The Labute approximate surface area is 157 Å². The van der Waals surface area contributed by atoms with Crippen LogP contribution in [0.4, 0.5) is 5.69 Å². The number of nitrogens with zero attached hydrogens (tertiary/aromatic N) is 3. The SMILES string of the molecule is C[C@H]1C[C@]1(/C(N)=N/O)n1c(C(=O)N(C)c2ccccc2)cc2ccccc21. The predicted molar refractivity (Wildman–Crippen MR) is 106 cm³/mol. The Kier molecular flexibility index (Phi) is 3.91. The van der Waals surface area contributed by atoms with Gasteiger partial charge in [0.2, 0.25) is 0 Å². The van der Waals surface area contributed by atoms with Gasteiger partial charge in [0.05, 0.1) is 0 Å². The number of carbonyl (C=O) groups is 1. The summed E-state index contributed by atoms with van der Waals surface area (Å²) in [4.78, 5) is 15.0. The molecule has 138 valence electrons. The molecule has 0 unspecified atom stereocenters. The lowest BCUT2D eigenvalue weighted by molar-refractivity contribution is 0.0983. The van der Waals surface area contributed by atoms with E-state index in [1.165, 1.54) is 0 Å². The number of oxime groups is 1. The van der Waals surface area contributed by atoms with E-state index in [0.717, 1.165) is 23.0 Å². The monoisotopic (exact) mass is 362 g/mol. The van der Waals surface area contributed by atoms with Crippen molar-refractivity contribution in [2.75, 3.05) is 11.9 Å². The first-order valence-electron chi connectivity index (χ1n) is 8.92. The van der Waals surface area contributed by atoms with Crippen LogP contribution in [0.5, 0.6) is 0 Å². The summed E-state index contributed by atoms with van der Waals surface area (Å²) in [6.07, 6.45) is 0.719. The molecule has 0 bridgehead atoms. The summed E-state index contributed by atoms with van der Waals surface area (Å²) in [6.45, 7) is 2.04. The van der Waals surface area contributed by atoms with Gasteiger partial charge in [-0.25, -0.2) is 0 Å². The average Bonchev–Trinajstić information content (AvgIpc) is 3.23. The highest BCUT2D eigenvalue weighted by Crippen LogP contribution is 2.52. The van der Waals surface area contributed by atoms with Crippen LogP contribution in [0.2, 0.25) is 0 Å². The maximum absolute atomic E-state index is 13.4. The Balaban J connectivity index is 1.91. The molecule has 1 amide bonds. The molecule has 4 rings (SSSR count). The third-order valence-corrected chi connectivity index (χ3v) is 5.60. The summed E-state index contributed by atoms with van der Waals surface area (Å²) < 4.78 is 1.95.